The number of aromatic nitrogens is 2. The van der Waals surface area contributed by atoms with Crippen molar-refractivity contribution in [2.24, 2.45) is 7.05 Å². The highest BCUT2D eigenvalue weighted by Gasteiger charge is 2.21. The lowest BCUT2D eigenvalue weighted by Gasteiger charge is -2.26. The molecule has 1 aromatic carbocycles. The van der Waals surface area contributed by atoms with Crippen LogP contribution in [0.3, 0.4) is 0 Å². The average molecular weight is 397 g/mol. The lowest BCUT2D eigenvalue weighted by atomic mass is 10.1. The minimum absolute atomic E-state index is 0.00118. The monoisotopic (exact) mass is 397 g/mol. The van der Waals surface area contributed by atoms with Crippen molar-refractivity contribution in [2.75, 3.05) is 6.61 Å². The molecule has 0 aliphatic heterocycles. The quantitative estimate of drug-likeness (QED) is 0.572. The van der Waals surface area contributed by atoms with E-state index in [0.717, 1.165) is 22.3 Å². The molecule has 0 spiro atoms. The van der Waals surface area contributed by atoms with E-state index in [0.29, 0.717) is 24.3 Å². The fourth-order valence-electron chi connectivity index (χ4n) is 3.35. The number of ether oxygens (including phenoxy) is 1. The van der Waals surface area contributed by atoms with Gasteiger partial charge in [-0.3, -0.25) is 4.79 Å². The molecule has 3 aromatic rings. The van der Waals surface area contributed by atoms with Crippen LogP contribution in [0, 0.1) is 6.92 Å². The second kappa shape index (κ2) is 8.51. The summed E-state index contributed by atoms with van der Waals surface area (Å²) in [6.45, 7) is 8.10. The Morgan fingerprint density at radius 3 is 2.69 bits per heavy atom. The third kappa shape index (κ3) is 4.50. The number of aryl methyl sites for hydroxylation is 3. The van der Waals surface area contributed by atoms with Crippen LogP contribution in [-0.4, -0.2) is 33.0 Å². The first-order chi connectivity index (χ1) is 13.8. The first kappa shape index (κ1) is 20.6. The van der Waals surface area contributed by atoms with E-state index in [4.69, 9.17) is 9.15 Å². The number of rotatable bonds is 7. The van der Waals surface area contributed by atoms with Crippen molar-refractivity contribution in [1.29, 1.82) is 0 Å². The van der Waals surface area contributed by atoms with Crippen molar-refractivity contribution >= 4 is 16.9 Å². The Morgan fingerprint density at radius 2 is 2.07 bits per heavy atom. The Bertz CT molecular complexity index is 1080. The van der Waals surface area contributed by atoms with Gasteiger partial charge in [-0.1, -0.05) is 6.92 Å². The molecule has 2 heterocycles. The summed E-state index contributed by atoms with van der Waals surface area (Å²) in [4.78, 5) is 30.8. The predicted molar refractivity (Wildman–Crippen MR) is 111 cm³/mol. The van der Waals surface area contributed by atoms with Crippen molar-refractivity contribution in [2.45, 2.75) is 46.7 Å². The molecule has 7 nitrogen and oxygen atoms in total. The number of benzene rings is 1. The third-order valence-corrected chi connectivity index (χ3v) is 4.94. The number of carbonyl (C=O) groups excluding carboxylic acids is 1. The molecule has 0 bridgehead atoms. The summed E-state index contributed by atoms with van der Waals surface area (Å²) < 4.78 is 13.2. The molecule has 154 valence electrons. The van der Waals surface area contributed by atoms with Gasteiger partial charge in [0.05, 0.1) is 11.9 Å². The number of carbonyl (C=O) groups is 1. The van der Waals surface area contributed by atoms with Crippen LogP contribution in [0.4, 0.5) is 0 Å². The summed E-state index contributed by atoms with van der Waals surface area (Å²) in [5.41, 5.74) is 1.83. The predicted octanol–water partition coefficient (Wildman–Crippen LogP) is 3.21. The minimum atomic E-state index is -0.386. The van der Waals surface area contributed by atoms with Crippen molar-refractivity contribution in [3.63, 3.8) is 0 Å². The van der Waals surface area contributed by atoms with E-state index >= 15 is 0 Å². The molecule has 0 N–H and O–H groups in total. The lowest BCUT2D eigenvalue weighted by molar-refractivity contribution is -0.135. The molecule has 1 amide bonds. The van der Waals surface area contributed by atoms with Crippen LogP contribution in [0.25, 0.3) is 11.0 Å². The fourth-order valence-corrected chi connectivity index (χ4v) is 3.35. The van der Waals surface area contributed by atoms with E-state index in [1.807, 2.05) is 57.6 Å². The highest BCUT2D eigenvalue weighted by molar-refractivity contribution is 5.88. The molecule has 29 heavy (non-hydrogen) atoms. The first-order valence-corrected chi connectivity index (χ1v) is 9.76. The molecule has 3 rings (SSSR count). The van der Waals surface area contributed by atoms with Gasteiger partial charge in [-0.05, 0) is 50.5 Å². The maximum atomic E-state index is 12.9. The van der Waals surface area contributed by atoms with Gasteiger partial charge >= 0.3 is 5.63 Å². The van der Waals surface area contributed by atoms with Crippen molar-refractivity contribution < 1.29 is 13.9 Å². The summed E-state index contributed by atoms with van der Waals surface area (Å²) in [6.07, 6.45) is 4.23. The average Bonchev–Trinajstić information content (AvgIpc) is 3.07. The molecular formula is C22H27N3O4. The van der Waals surface area contributed by atoms with Gasteiger partial charge in [-0.15, -0.1) is 0 Å². The molecule has 0 aliphatic carbocycles. The van der Waals surface area contributed by atoms with Gasteiger partial charge in [0, 0.05) is 31.5 Å². The summed E-state index contributed by atoms with van der Waals surface area (Å²) in [7, 11) is 1.90. The zero-order valence-electron chi connectivity index (χ0n) is 17.6. The molecule has 0 aliphatic rings. The van der Waals surface area contributed by atoms with Crippen LogP contribution in [0.15, 0.2) is 39.8 Å². The molecule has 0 radical (unpaired) electrons. The van der Waals surface area contributed by atoms with E-state index in [2.05, 4.69) is 4.98 Å². The number of hydrogen-bond donors (Lipinski definition) is 0. The Balaban J connectivity index is 1.86. The molecule has 0 unspecified atom stereocenters. The Labute approximate surface area is 169 Å². The van der Waals surface area contributed by atoms with Gasteiger partial charge in [0.2, 0.25) is 0 Å². The molecule has 0 fully saturated rings. The van der Waals surface area contributed by atoms with Crippen LogP contribution >= 0.6 is 0 Å². The molecular weight excluding hydrogens is 370 g/mol. The zero-order chi connectivity index (χ0) is 21.1. The number of hydrogen-bond acceptors (Lipinski definition) is 5. The van der Waals surface area contributed by atoms with Crippen molar-refractivity contribution in [3.8, 4) is 5.75 Å². The van der Waals surface area contributed by atoms with Crippen molar-refractivity contribution in [1.82, 2.24) is 14.5 Å². The van der Waals surface area contributed by atoms with E-state index in [1.54, 1.807) is 11.1 Å². The highest BCUT2D eigenvalue weighted by atomic mass is 16.5. The zero-order valence-corrected chi connectivity index (χ0v) is 17.6. The van der Waals surface area contributed by atoms with E-state index in [9.17, 15) is 9.59 Å². The molecule has 7 heteroatoms. The second-order valence-corrected chi connectivity index (χ2v) is 7.44. The number of amides is 1. The first-order valence-electron chi connectivity index (χ1n) is 9.76. The fraction of sp³-hybridized carbons (Fsp3) is 0.409. The van der Waals surface area contributed by atoms with Gasteiger partial charge in [0.1, 0.15) is 17.2 Å². The van der Waals surface area contributed by atoms with Crippen LogP contribution in [-0.2, 0) is 24.8 Å². The molecule has 0 atom stereocenters. The van der Waals surface area contributed by atoms with E-state index in [1.165, 1.54) is 6.07 Å². The van der Waals surface area contributed by atoms with Crippen LogP contribution in [0.5, 0.6) is 5.75 Å². The van der Waals surface area contributed by atoms with Gasteiger partial charge < -0.3 is 18.6 Å². The Morgan fingerprint density at radius 1 is 1.31 bits per heavy atom. The standard InChI is InChI=1S/C22H27N3O4/c1-6-16-11-21(27)29-18-10-15(4)9-17(22(16)18)28-13-20(26)25(14(2)3)12-19-23-7-8-24(19)5/h7-11,14H,6,12-13H2,1-5H3. The van der Waals surface area contributed by atoms with Gasteiger partial charge in [0.25, 0.3) is 5.91 Å². The SMILES string of the molecule is CCc1cc(=O)oc2cc(C)cc(OCC(=O)N(Cc3nccn3C)C(C)C)c12. The Kier molecular flexibility index (Phi) is 6.06. The van der Waals surface area contributed by atoms with Crippen molar-refractivity contribution in [3.05, 3.63) is 58.0 Å². The third-order valence-electron chi connectivity index (χ3n) is 4.94. The largest absolute Gasteiger partial charge is 0.483 e. The molecule has 0 saturated heterocycles. The summed E-state index contributed by atoms with van der Waals surface area (Å²) >= 11 is 0. The van der Waals surface area contributed by atoms with Gasteiger partial charge in [0.15, 0.2) is 6.61 Å². The van der Waals surface area contributed by atoms with Crippen LogP contribution in [0.1, 0.15) is 37.7 Å². The highest BCUT2D eigenvalue weighted by Crippen LogP contribution is 2.30. The maximum Gasteiger partial charge on any atom is 0.336 e. The van der Waals surface area contributed by atoms with Gasteiger partial charge in [-0.25, -0.2) is 9.78 Å². The Hall–Kier alpha value is -3.09. The minimum Gasteiger partial charge on any atom is -0.483 e. The topological polar surface area (TPSA) is 77.6 Å². The normalized spacial score (nSPS) is 11.2. The number of imidazole rings is 1. The number of nitrogens with zero attached hydrogens (tertiary/aromatic N) is 3. The smallest absolute Gasteiger partial charge is 0.336 e. The number of fused-ring (bicyclic) bond motifs is 1. The summed E-state index contributed by atoms with van der Waals surface area (Å²) in [5.74, 6) is 1.23. The second-order valence-electron chi connectivity index (χ2n) is 7.44. The molecule has 0 saturated carbocycles. The summed E-state index contributed by atoms with van der Waals surface area (Å²) in [5, 5.41) is 0.741. The summed E-state index contributed by atoms with van der Waals surface area (Å²) in [6, 6.07) is 5.16. The maximum absolute atomic E-state index is 12.9. The van der Waals surface area contributed by atoms with E-state index in [-0.39, 0.29) is 24.2 Å². The molecule has 2 aromatic heterocycles. The lowest BCUT2D eigenvalue weighted by Crippen LogP contribution is -2.40. The van der Waals surface area contributed by atoms with Gasteiger partial charge in [-0.2, -0.15) is 0 Å². The van der Waals surface area contributed by atoms with Crippen LogP contribution < -0.4 is 10.4 Å². The van der Waals surface area contributed by atoms with E-state index < -0.39 is 0 Å². The van der Waals surface area contributed by atoms with Crippen LogP contribution in [0.2, 0.25) is 0 Å².